The smallest absolute Gasteiger partial charge is 0.322 e. The monoisotopic (exact) mass is 368 g/mol. The van der Waals surface area contributed by atoms with Crippen molar-refractivity contribution in [3.8, 4) is 0 Å². The number of nitrogens with zero attached hydrogens (tertiary/aromatic N) is 2. The highest BCUT2D eigenvalue weighted by Gasteiger charge is 2.17. The van der Waals surface area contributed by atoms with Crippen LogP contribution >= 0.6 is 0 Å². The summed E-state index contributed by atoms with van der Waals surface area (Å²) in [6.45, 7) is -2.47. The normalized spacial score (nSPS) is 11.0. The molecular formula is C10H16N4O11. The van der Waals surface area contributed by atoms with E-state index in [4.69, 9.17) is 9.84 Å². The SMILES string of the molecule is O=C(O)CNC(=O)CCNC(=O)COCC(CO[N+](=O)[O-])O[N+](=O)[O-]. The molecule has 142 valence electrons. The van der Waals surface area contributed by atoms with Gasteiger partial charge in [0.2, 0.25) is 11.8 Å². The van der Waals surface area contributed by atoms with Crippen molar-refractivity contribution in [3.05, 3.63) is 20.2 Å². The summed E-state index contributed by atoms with van der Waals surface area (Å²) in [5.74, 6) is -2.46. The molecule has 25 heavy (non-hydrogen) atoms. The van der Waals surface area contributed by atoms with Gasteiger partial charge in [-0.25, -0.2) is 0 Å². The van der Waals surface area contributed by atoms with E-state index in [0.717, 1.165) is 0 Å². The maximum absolute atomic E-state index is 11.4. The fourth-order valence-electron chi connectivity index (χ4n) is 1.29. The van der Waals surface area contributed by atoms with Gasteiger partial charge in [0.15, 0.2) is 6.10 Å². The highest BCUT2D eigenvalue weighted by atomic mass is 17.0. The molecule has 0 bridgehead atoms. The third-order valence-electron chi connectivity index (χ3n) is 2.25. The average Bonchev–Trinajstić information content (AvgIpc) is 2.49. The molecule has 0 aromatic rings. The number of amides is 2. The molecule has 15 nitrogen and oxygen atoms in total. The molecule has 15 heteroatoms. The first-order valence-corrected chi connectivity index (χ1v) is 6.62. The second-order valence-corrected chi connectivity index (χ2v) is 4.26. The van der Waals surface area contributed by atoms with Crippen LogP contribution in [-0.4, -0.2) is 72.1 Å². The van der Waals surface area contributed by atoms with Crippen molar-refractivity contribution in [3.63, 3.8) is 0 Å². The van der Waals surface area contributed by atoms with Crippen molar-refractivity contribution in [2.45, 2.75) is 12.5 Å². The summed E-state index contributed by atoms with van der Waals surface area (Å²) in [7, 11) is 0. The quantitative estimate of drug-likeness (QED) is 0.215. The van der Waals surface area contributed by atoms with Crippen molar-refractivity contribution in [2.24, 2.45) is 0 Å². The standard InChI is InChI=1S/C10H16N4O11/c15-8(12-3-10(17)18)1-2-11-9(16)6-23-4-7(25-14(21)22)5-24-13(19)20/h7H,1-6H2,(H,11,16)(H,12,15)(H,17,18). The fraction of sp³-hybridized carbons (Fsp3) is 0.700. The van der Waals surface area contributed by atoms with Gasteiger partial charge in [-0.1, -0.05) is 0 Å². The first-order valence-electron chi connectivity index (χ1n) is 6.62. The van der Waals surface area contributed by atoms with E-state index in [2.05, 4.69) is 20.3 Å². The van der Waals surface area contributed by atoms with Gasteiger partial charge in [0.1, 0.15) is 19.8 Å². The maximum atomic E-state index is 11.4. The maximum Gasteiger partial charge on any atom is 0.322 e. The van der Waals surface area contributed by atoms with Crippen molar-refractivity contribution in [2.75, 3.05) is 32.9 Å². The molecular weight excluding hydrogens is 352 g/mol. The molecule has 0 aromatic carbocycles. The Kier molecular flexibility index (Phi) is 10.6. The lowest BCUT2D eigenvalue weighted by atomic mass is 10.4. The Labute approximate surface area is 139 Å². The van der Waals surface area contributed by atoms with Crippen LogP contribution in [0.25, 0.3) is 0 Å². The van der Waals surface area contributed by atoms with Gasteiger partial charge in [-0.15, -0.1) is 20.2 Å². The molecule has 1 unspecified atom stereocenters. The molecule has 0 spiro atoms. The number of rotatable bonds is 14. The van der Waals surface area contributed by atoms with Crippen LogP contribution in [0.5, 0.6) is 0 Å². The van der Waals surface area contributed by atoms with Crippen LogP contribution in [-0.2, 0) is 28.8 Å². The molecule has 0 saturated heterocycles. The Morgan fingerprint density at radius 1 is 1.04 bits per heavy atom. The van der Waals surface area contributed by atoms with Crippen molar-refractivity contribution >= 4 is 17.8 Å². The molecule has 1 atom stereocenters. The molecule has 3 N–H and O–H groups in total. The van der Waals surface area contributed by atoms with Gasteiger partial charge in [-0.3, -0.25) is 14.4 Å². The van der Waals surface area contributed by atoms with E-state index < -0.39 is 60.4 Å². The second kappa shape index (κ2) is 12.2. The second-order valence-electron chi connectivity index (χ2n) is 4.26. The zero-order valence-corrected chi connectivity index (χ0v) is 12.7. The van der Waals surface area contributed by atoms with Crippen LogP contribution in [0, 0.1) is 20.2 Å². The summed E-state index contributed by atoms with van der Waals surface area (Å²) in [5.41, 5.74) is 0. The fourth-order valence-corrected chi connectivity index (χ4v) is 1.29. The minimum Gasteiger partial charge on any atom is -0.480 e. The largest absolute Gasteiger partial charge is 0.480 e. The summed E-state index contributed by atoms with van der Waals surface area (Å²) >= 11 is 0. The van der Waals surface area contributed by atoms with E-state index in [0.29, 0.717) is 0 Å². The Bertz CT molecular complexity index is 497. The molecule has 0 aliphatic carbocycles. The van der Waals surface area contributed by atoms with Gasteiger partial charge in [0.25, 0.3) is 10.2 Å². The minimum absolute atomic E-state index is 0.0904. The molecule has 2 amide bonds. The lowest BCUT2D eigenvalue weighted by Crippen LogP contribution is -2.35. The Balaban J connectivity index is 3.93. The van der Waals surface area contributed by atoms with Gasteiger partial charge in [-0.05, 0) is 0 Å². The number of aliphatic carboxylic acids is 1. The number of carbonyl (C=O) groups excluding carboxylic acids is 2. The predicted molar refractivity (Wildman–Crippen MR) is 73.9 cm³/mol. The van der Waals surface area contributed by atoms with Gasteiger partial charge < -0.3 is 30.2 Å². The number of carbonyl (C=O) groups is 3. The van der Waals surface area contributed by atoms with Crippen LogP contribution in [0.3, 0.4) is 0 Å². The summed E-state index contributed by atoms with van der Waals surface area (Å²) in [6.07, 6.45) is -1.57. The molecule has 0 rings (SSSR count). The van der Waals surface area contributed by atoms with Gasteiger partial charge in [0, 0.05) is 13.0 Å². The third-order valence-corrected chi connectivity index (χ3v) is 2.25. The van der Waals surface area contributed by atoms with Crippen LogP contribution in [0.4, 0.5) is 0 Å². The molecule has 0 heterocycles. The third kappa shape index (κ3) is 14.1. The van der Waals surface area contributed by atoms with Crippen LogP contribution in [0.15, 0.2) is 0 Å². The number of carboxylic acids is 1. The highest BCUT2D eigenvalue weighted by molar-refractivity contribution is 5.82. The van der Waals surface area contributed by atoms with E-state index in [1.54, 1.807) is 0 Å². The number of ether oxygens (including phenoxy) is 1. The lowest BCUT2D eigenvalue weighted by molar-refractivity contribution is -0.790. The molecule has 0 saturated carbocycles. The zero-order valence-electron chi connectivity index (χ0n) is 12.7. The van der Waals surface area contributed by atoms with E-state index in [1.807, 2.05) is 0 Å². The summed E-state index contributed by atoms with van der Waals surface area (Å²) in [5, 5.41) is 30.6. The molecule has 0 fully saturated rings. The predicted octanol–water partition coefficient (Wildman–Crippen LogP) is -2.50. The van der Waals surface area contributed by atoms with Gasteiger partial charge >= 0.3 is 5.97 Å². The lowest BCUT2D eigenvalue weighted by Gasteiger charge is -2.13. The van der Waals surface area contributed by atoms with E-state index >= 15 is 0 Å². The van der Waals surface area contributed by atoms with E-state index in [1.165, 1.54) is 0 Å². The zero-order chi connectivity index (χ0) is 19.2. The molecule has 0 radical (unpaired) electrons. The number of hydrogen-bond acceptors (Lipinski definition) is 10. The van der Waals surface area contributed by atoms with E-state index in [9.17, 15) is 34.6 Å². The van der Waals surface area contributed by atoms with Gasteiger partial charge in [-0.2, -0.15) is 0 Å². The Morgan fingerprint density at radius 3 is 2.28 bits per heavy atom. The first kappa shape index (κ1) is 21.8. The van der Waals surface area contributed by atoms with Crippen LogP contribution < -0.4 is 10.6 Å². The Morgan fingerprint density at radius 2 is 1.72 bits per heavy atom. The Hall–Kier alpha value is -3.23. The summed E-state index contributed by atoms with van der Waals surface area (Å²) in [4.78, 5) is 61.0. The van der Waals surface area contributed by atoms with Crippen molar-refractivity contribution in [1.82, 2.24) is 10.6 Å². The van der Waals surface area contributed by atoms with Crippen molar-refractivity contribution < 1.29 is 44.1 Å². The minimum atomic E-state index is -1.41. The topological polar surface area (TPSA) is 209 Å². The number of hydrogen-bond donors (Lipinski definition) is 3. The number of nitrogens with one attached hydrogen (secondary N) is 2. The van der Waals surface area contributed by atoms with E-state index in [-0.39, 0.29) is 13.0 Å². The summed E-state index contributed by atoms with van der Waals surface area (Å²) in [6, 6.07) is 0. The molecule has 0 aromatic heterocycles. The first-order chi connectivity index (χ1) is 11.7. The van der Waals surface area contributed by atoms with Crippen molar-refractivity contribution in [1.29, 1.82) is 0 Å². The highest BCUT2D eigenvalue weighted by Crippen LogP contribution is 1.96. The molecule has 0 aliphatic heterocycles. The van der Waals surface area contributed by atoms with Gasteiger partial charge in [0.05, 0.1) is 6.61 Å². The molecule has 0 aliphatic rings. The summed E-state index contributed by atoms with van der Waals surface area (Å²) < 4.78 is 4.80. The number of carboxylic acid groups (broad SMARTS) is 1. The van der Waals surface area contributed by atoms with Crippen LogP contribution in [0.2, 0.25) is 0 Å². The average molecular weight is 368 g/mol. The van der Waals surface area contributed by atoms with Crippen LogP contribution in [0.1, 0.15) is 6.42 Å².